The Labute approximate surface area is 149 Å². The minimum atomic E-state index is 0.728. The van der Waals surface area contributed by atoms with Crippen molar-refractivity contribution >= 4 is 10.9 Å². The van der Waals surface area contributed by atoms with Gasteiger partial charge in [0.15, 0.2) is 11.5 Å². The first kappa shape index (κ1) is 14.8. The number of para-hydroxylation sites is 1. The third-order valence-corrected chi connectivity index (χ3v) is 4.58. The molecule has 0 aliphatic carbocycles. The highest BCUT2D eigenvalue weighted by Gasteiger charge is 2.18. The van der Waals surface area contributed by atoms with Gasteiger partial charge in [-0.2, -0.15) is 0 Å². The lowest BCUT2D eigenvalue weighted by Crippen LogP contribution is -1.93. The average Bonchev–Trinajstić information content (AvgIpc) is 3.46. The number of fused-ring (bicyclic) bond motifs is 1. The molecule has 0 saturated heterocycles. The number of furan rings is 2. The maximum Gasteiger partial charge on any atom is 0.154 e. The molecule has 5 heteroatoms. The Morgan fingerprint density at radius 2 is 1.65 bits per heavy atom. The van der Waals surface area contributed by atoms with Gasteiger partial charge in [-0.25, -0.2) is 4.98 Å². The number of hydrogen-bond donors (Lipinski definition) is 2. The van der Waals surface area contributed by atoms with Crippen LogP contribution in [0.5, 0.6) is 0 Å². The molecule has 1 aromatic carbocycles. The van der Waals surface area contributed by atoms with Gasteiger partial charge >= 0.3 is 0 Å². The zero-order valence-corrected chi connectivity index (χ0v) is 14.0. The zero-order valence-electron chi connectivity index (χ0n) is 14.0. The molecule has 0 amide bonds. The second kappa shape index (κ2) is 6.11. The summed E-state index contributed by atoms with van der Waals surface area (Å²) in [5, 5.41) is 1.26. The lowest BCUT2D eigenvalue weighted by Gasteiger charge is -1.97. The van der Waals surface area contributed by atoms with E-state index in [0.29, 0.717) is 0 Å². The van der Waals surface area contributed by atoms with Gasteiger partial charge in [-0.05, 0) is 42.3 Å². The van der Waals surface area contributed by atoms with Crippen LogP contribution in [0.3, 0.4) is 0 Å². The fourth-order valence-corrected chi connectivity index (χ4v) is 3.32. The zero-order chi connectivity index (χ0) is 17.3. The summed E-state index contributed by atoms with van der Waals surface area (Å²) in [4.78, 5) is 11.5. The molecule has 5 aromatic rings. The number of nitrogens with one attached hydrogen (secondary N) is 2. The van der Waals surface area contributed by atoms with Crippen molar-refractivity contribution in [2.75, 3.05) is 0 Å². The largest absolute Gasteiger partial charge is 0.463 e. The molecular formula is C21H17N3O2. The quantitative estimate of drug-likeness (QED) is 0.461. The Morgan fingerprint density at radius 3 is 2.46 bits per heavy atom. The van der Waals surface area contributed by atoms with E-state index in [1.807, 2.05) is 30.3 Å². The monoisotopic (exact) mass is 343 g/mol. The summed E-state index contributed by atoms with van der Waals surface area (Å²) in [6.45, 7) is 0. The van der Waals surface area contributed by atoms with Gasteiger partial charge in [-0.3, -0.25) is 0 Å². The lowest BCUT2D eigenvalue weighted by atomic mass is 10.1. The van der Waals surface area contributed by atoms with E-state index < -0.39 is 0 Å². The topological polar surface area (TPSA) is 70.8 Å². The van der Waals surface area contributed by atoms with Gasteiger partial charge in [0, 0.05) is 23.5 Å². The van der Waals surface area contributed by atoms with Crippen LogP contribution in [0.25, 0.3) is 33.8 Å². The van der Waals surface area contributed by atoms with Crippen LogP contribution in [0.4, 0.5) is 0 Å². The molecular weight excluding hydrogens is 326 g/mol. The van der Waals surface area contributed by atoms with Gasteiger partial charge in [-0.15, -0.1) is 0 Å². The summed E-state index contributed by atoms with van der Waals surface area (Å²) >= 11 is 0. The number of H-pyrrole nitrogens is 2. The number of aryl methyl sites for hydroxylation is 2. The minimum absolute atomic E-state index is 0.728. The molecule has 2 N–H and O–H groups in total. The van der Waals surface area contributed by atoms with E-state index in [0.717, 1.165) is 47.1 Å². The molecule has 4 aromatic heterocycles. The highest BCUT2D eigenvalue weighted by Crippen LogP contribution is 2.31. The third-order valence-electron chi connectivity index (χ3n) is 4.58. The van der Waals surface area contributed by atoms with Gasteiger partial charge in [0.1, 0.15) is 17.2 Å². The fraction of sp³-hybridized carbons (Fsp3) is 0.0952. The standard InChI is InChI=1S/C21H17N3O2/c1-2-6-16-15(5-1)14(13-22-16)9-10-19-23-20(17-7-3-11-25-17)21(24-19)18-8-4-12-26-18/h1-8,11-13,22H,9-10H2,(H,23,24). The van der Waals surface area contributed by atoms with Crippen molar-refractivity contribution in [2.45, 2.75) is 12.8 Å². The highest BCUT2D eigenvalue weighted by atomic mass is 16.3. The number of aromatic amines is 2. The van der Waals surface area contributed by atoms with E-state index in [-0.39, 0.29) is 0 Å². The number of rotatable bonds is 5. The third kappa shape index (κ3) is 2.54. The van der Waals surface area contributed by atoms with E-state index >= 15 is 0 Å². The second-order valence-electron chi connectivity index (χ2n) is 6.22. The van der Waals surface area contributed by atoms with Crippen LogP contribution < -0.4 is 0 Å². The molecule has 0 bridgehead atoms. The molecule has 5 rings (SSSR count). The fourth-order valence-electron chi connectivity index (χ4n) is 3.32. The summed E-state index contributed by atoms with van der Waals surface area (Å²) < 4.78 is 11.1. The van der Waals surface area contributed by atoms with Crippen LogP contribution in [0, 0.1) is 0 Å². The SMILES string of the molecule is c1coc(-c2nc(CCc3c[nH]c4ccccc34)[nH]c2-c2ccco2)c1. The van der Waals surface area contributed by atoms with Crippen LogP contribution in [-0.2, 0) is 12.8 Å². The van der Waals surface area contributed by atoms with Crippen LogP contribution in [0.15, 0.2) is 76.1 Å². The first-order valence-electron chi connectivity index (χ1n) is 8.60. The molecule has 0 spiro atoms. The van der Waals surface area contributed by atoms with Crippen molar-refractivity contribution < 1.29 is 8.83 Å². The van der Waals surface area contributed by atoms with Gasteiger partial charge in [-0.1, -0.05) is 18.2 Å². The number of hydrogen-bond acceptors (Lipinski definition) is 3. The summed E-state index contributed by atoms with van der Waals surface area (Å²) in [5.74, 6) is 2.39. The molecule has 0 unspecified atom stereocenters. The summed E-state index contributed by atoms with van der Waals surface area (Å²) in [7, 11) is 0. The average molecular weight is 343 g/mol. The van der Waals surface area contributed by atoms with Crippen LogP contribution in [0.1, 0.15) is 11.4 Å². The van der Waals surface area contributed by atoms with Gasteiger partial charge < -0.3 is 18.8 Å². The van der Waals surface area contributed by atoms with E-state index in [1.165, 1.54) is 10.9 Å². The Hall–Kier alpha value is -3.47. The number of benzene rings is 1. The smallest absolute Gasteiger partial charge is 0.154 e. The molecule has 4 heterocycles. The predicted molar refractivity (Wildman–Crippen MR) is 99.7 cm³/mol. The molecule has 0 fully saturated rings. The van der Waals surface area contributed by atoms with Crippen molar-refractivity contribution in [2.24, 2.45) is 0 Å². The van der Waals surface area contributed by atoms with Crippen LogP contribution >= 0.6 is 0 Å². The Balaban J connectivity index is 1.47. The Kier molecular flexibility index (Phi) is 3.49. The molecule has 128 valence electrons. The highest BCUT2D eigenvalue weighted by molar-refractivity contribution is 5.83. The normalized spacial score (nSPS) is 11.4. The molecule has 0 aliphatic rings. The van der Waals surface area contributed by atoms with E-state index in [9.17, 15) is 0 Å². The molecule has 0 radical (unpaired) electrons. The van der Waals surface area contributed by atoms with Gasteiger partial charge in [0.25, 0.3) is 0 Å². The second-order valence-corrected chi connectivity index (χ2v) is 6.22. The summed E-state index contributed by atoms with van der Waals surface area (Å²) in [6, 6.07) is 15.9. The predicted octanol–water partition coefficient (Wildman–Crippen LogP) is 5.20. The van der Waals surface area contributed by atoms with E-state index in [4.69, 9.17) is 13.8 Å². The van der Waals surface area contributed by atoms with Gasteiger partial charge in [0.2, 0.25) is 0 Å². The number of aromatic nitrogens is 3. The van der Waals surface area contributed by atoms with E-state index in [1.54, 1.807) is 12.5 Å². The van der Waals surface area contributed by atoms with Crippen molar-refractivity contribution in [1.82, 2.24) is 15.0 Å². The molecule has 26 heavy (non-hydrogen) atoms. The molecule has 0 saturated carbocycles. The summed E-state index contributed by atoms with van der Waals surface area (Å²) in [5.41, 5.74) is 4.07. The molecule has 5 nitrogen and oxygen atoms in total. The van der Waals surface area contributed by atoms with Gasteiger partial charge in [0.05, 0.1) is 12.5 Å². The van der Waals surface area contributed by atoms with Crippen molar-refractivity contribution in [3.8, 4) is 22.9 Å². The Bertz CT molecular complexity index is 1080. The van der Waals surface area contributed by atoms with Crippen molar-refractivity contribution in [3.05, 3.63) is 78.6 Å². The van der Waals surface area contributed by atoms with Crippen molar-refractivity contribution in [3.63, 3.8) is 0 Å². The maximum absolute atomic E-state index is 5.56. The maximum atomic E-state index is 5.56. The molecule has 0 atom stereocenters. The number of nitrogens with zero attached hydrogens (tertiary/aromatic N) is 1. The first-order valence-corrected chi connectivity index (χ1v) is 8.60. The molecule has 0 aliphatic heterocycles. The minimum Gasteiger partial charge on any atom is -0.463 e. The first-order chi connectivity index (χ1) is 12.9. The van der Waals surface area contributed by atoms with Crippen LogP contribution in [0.2, 0.25) is 0 Å². The lowest BCUT2D eigenvalue weighted by molar-refractivity contribution is 0.573. The van der Waals surface area contributed by atoms with E-state index in [2.05, 4.69) is 34.4 Å². The van der Waals surface area contributed by atoms with Crippen LogP contribution in [-0.4, -0.2) is 15.0 Å². The summed E-state index contributed by atoms with van der Waals surface area (Å²) in [6.07, 6.45) is 7.09. The number of imidazole rings is 1. The van der Waals surface area contributed by atoms with Crippen molar-refractivity contribution in [1.29, 1.82) is 0 Å². The Morgan fingerprint density at radius 1 is 0.846 bits per heavy atom.